The van der Waals surface area contributed by atoms with Crippen LogP contribution in [0.4, 0.5) is 0 Å². The third-order valence-corrected chi connectivity index (χ3v) is 5.71. The van der Waals surface area contributed by atoms with Crippen LogP contribution in [0.3, 0.4) is 0 Å². The van der Waals surface area contributed by atoms with Crippen LogP contribution < -0.4 is 0 Å². The second-order valence-electron chi connectivity index (χ2n) is 6.07. The second kappa shape index (κ2) is 6.27. The average Bonchev–Trinajstić information content (AvgIpc) is 2.39. The molecule has 1 saturated heterocycles. The van der Waals surface area contributed by atoms with Crippen molar-refractivity contribution in [3.8, 4) is 0 Å². The lowest BCUT2D eigenvalue weighted by atomic mass is 9.97. The first-order chi connectivity index (χ1) is 9.38. The lowest BCUT2D eigenvalue weighted by Crippen LogP contribution is -2.35. The van der Waals surface area contributed by atoms with Crippen molar-refractivity contribution in [3.05, 3.63) is 29.8 Å². The predicted molar refractivity (Wildman–Crippen MR) is 80.6 cm³/mol. The van der Waals surface area contributed by atoms with Gasteiger partial charge < -0.3 is 4.74 Å². The Kier molecular flexibility index (Phi) is 4.86. The minimum atomic E-state index is -3.25. The molecule has 1 aliphatic heterocycles. The van der Waals surface area contributed by atoms with Crippen LogP contribution in [-0.4, -0.2) is 26.4 Å². The van der Waals surface area contributed by atoms with Crippen LogP contribution in [-0.2, 0) is 14.6 Å². The van der Waals surface area contributed by atoms with Gasteiger partial charge in [0.1, 0.15) is 0 Å². The van der Waals surface area contributed by atoms with Gasteiger partial charge in [-0.3, -0.25) is 0 Å². The van der Waals surface area contributed by atoms with Crippen molar-refractivity contribution in [2.45, 2.75) is 57.1 Å². The number of benzene rings is 1. The molecule has 4 heteroatoms. The molecule has 2 rings (SSSR count). The van der Waals surface area contributed by atoms with Crippen molar-refractivity contribution < 1.29 is 13.2 Å². The summed E-state index contributed by atoms with van der Waals surface area (Å²) >= 11 is 0. The van der Waals surface area contributed by atoms with Crippen LogP contribution in [0.2, 0.25) is 0 Å². The molecule has 0 radical (unpaired) electrons. The number of ether oxygens (including phenoxy) is 1. The highest BCUT2D eigenvalue weighted by atomic mass is 32.2. The molecule has 0 bridgehead atoms. The number of hydrogen-bond acceptors (Lipinski definition) is 3. The van der Waals surface area contributed by atoms with E-state index in [0.717, 1.165) is 24.8 Å². The fourth-order valence-corrected chi connectivity index (χ4v) is 4.11. The molecule has 0 spiro atoms. The van der Waals surface area contributed by atoms with Crippen LogP contribution in [0.25, 0.3) is 0 Å². The van der Waals surface area contributed by atoms with Gasteiger partial charge >= 0.3 is 0 Å². The minimum Gasteiger partial charge on any atom is -0.374 e. The molecule has 0 aromatic heterocycles. The van der Waals surface area contributed by atoms with Gasteiger partial charge in [0.15, 0.2) is 9.84 Å². The highest BCUT2D eigenvalue weighted by molar-refractivity contribution is 7.91. The summed E-state index contributed by atoms with van der Waals surface area (Å²) in [5, 5.41) is 0. The smallest absolute Gasteiger partial charge is 0.180 e. The van der Waals surface area contributed by atoms with Crippen molar-refractivity contribution >= 4 is 9.84 Å². The summed E-state index contributed by atoms with van der Waals surface area (Å²) in [6.45, 7) is 6.21. The second-order valence-corrected chi connectivity index (χ2v) is 8.10. The molecular formula is C16H24O3S. The summed E-state index contributed by atoms with van der Waals surface area (Å²) in [6.07, 6.45) is 2.97. The first kappa shape index (κ1) is 15.5. The van der Waals surface area contributed by atoms with Crippen LogP contribution >= 0.6 is 0 Å². The van der Waals surface area contributed by atoms with Gasteiger partial charge in [0.2, 0.25) is 0 Å². The molecule has 112 valence electrons. The molecule has 0 aliphatic carbocycles. The standard InChI is InChI=1S/C16H24O3S/c1-12(2)16-6-4-5-14(19-16)11-20(17,18)15-9-7-13(3)8-10-15/h7-10,12,14,16H,4-6,11H2,1-3H3/t14-,16+/m0/s1. The molecule has 3 nitrogen and oxygen atoms in total. The molecular weight excluding hydrogens is 272 g/mol. The molecule has 1 aromatic carbocycles. The van der Waals surface area contributed by atoms with Crippen LogP contribution in [0.5, 0.6) is 0 Å². The van der Waals surface area contributed by atoms with E-state index in [4.69, 9.17) is 4.74 Å². The third kappa shape index (κ3) is 3.83. The average molecular weight is 296 g/mol. The Labute approximate surface area is 122 Å². The zero-order chi connectivity index (χ0) is 14.8. The Morgan fingerprint density at radius 1 is 1.20 bits per heavy atom. The van der Waals surface area contributed by atoms with Crippen LogP contribution in [0.15, 0.2) is 29.2 Å². The highest BCUT2D eigenvalue weighted by Gasteiger charge is 2.29. The summed E-state index contributed by atoms with van der Waals surface area (Å²) in [5.41, 5.74) is 1.07. The van der Waals surface area contributed by atoms with Gasteiger partial charge in [-0.15, -0.1) is 0 Å². The third-order valence-electron chi connectivity index (χ3n) is 3.91. The van der Waals surface area contributed by atoms with E-state index in [0.29, 0.717) is 10.8 Å². The van der Waals surface area contributed by atoms with E-state index in [2.05, 4.69) is 13.8 Å². The largest absolute Gasteiger partial charge is 0.374 e. The Balaban J connectivity index is 2.06. The van der Waals surface area contributed by atoms with E-state index < -0.39 is 9.84 Å². The topological polar surface area (TPSA) is 43.4 Å². The van der Waals surface area contributed by atoms with Crippen molar-refractivity contribution in [2.24, 2.45) is 5.92 Å². The van der Waals surface area contributed by atoms with Crippen molar-refractivity contribution in [2.75, 3.05) is 5.75 Å². The van der Waals surface area contributed by atoms with Crippen molar-refractivity contribution in [1.82, 2.24) is 0 Å². The van der Waals surface area contributed by atoms with Gasteiger partial charge in [0, 0.05) is 0 Å². The Hall–Kier alpha value is -0.870. The van der Waals surface area contributed by atoms with E-state index >= 15 is 0 Å². The molecule has 0 unspecified atom stereocenters. The zero-order valence-electron chi connectivity index (χ0n) is 12.5. The number of aryl methyl sites for hydroxylation is 1. The molecule has 2 atom stereocenters. The van der Waals surface area contributed by atoms with Gasteiger partial charge in [-0.1, -0.05) is 31.5 Å². The van der Waals surface area contributed by atoms with Crippen LogP contribution in [0.1, 0.15) is 38.7 Å². The molecule has 0 amide bonds. The summed E-state index contributed by atoms with van der Waals surface area (Å²) in [4.78, 5) is 0.401. The van der Waals surface area contributed by atoms with Gasteiger partial charge in [-0.05, 0) is 44.2 Å². The molecule has 1 fully saturated rings. The molecule has 20 heavy (non-hydrogen) atoms. The summed E-state index contributed by atoms with van der Waals surface area (Å²) < 4.78 is 30.8. The fourth-order valence-electron chi connectivity index (χ4n) is 2.63. The maximum atomic E-state index is 12.4. The molecule has 1 aliphatic rings. The molecule has 1 heterocycles. The predicted octanol–water partition coefficient (Wildman–Crippen LogP) is 3.36. The SMILES string of the molecule is Cc1ccc(S(=O)(=O)C[C@@H]2CCC[C@H](C(C)C)O2)cc1. The summed E-state index contributed by atoms with van der Waals surface area (Å²) in [6, 6.07) is 7.05. The zero-order valence-corrected chi connectivity index (χ0v) is 13.3. The van der Waals surface area contributed by atoms with Gasteiger partial charge in [-0.2, -0.15) is 0 Å². The van der Waals surface area contributed by atoms with Gasteiger partial charge in [-0.25, -0.2) is 8.42 Å². The van der Waals surface area contributed by atoms with E-state index in [9.17, 15) is 8.42 Å². The number of sulfone groups is 1. The van der Waals surface area contributed by atoms with E-state index in [1.165, 1.54) is 0 Å². The van der Waals surface area contributed by atoms with Gasteiger partial charge in [0.25, 0.3) is 0 Å². The van der Waals surface area contributed by atoms with Crippen LogP contribution in [0, 0.1) is 12.8 Å². The Morgan fingerprint density at radius 2 is 1.85 bits per heavy atom. The maximum Gasteiger partial charge on any atom is 0.180 e. The van der Waals surface area contributed by atoms with Crippen molar-refractivity contribution in [3.63, 3.8) is 0 Å². The summed E-state index contributed by atoms with van der Waals surface area (Å²) in [5.74, 6) is 0.541. The van der Waals surface area contributed by atoms with E-state index in [-0.39, 0.29) is 18.0 Å². The molecule has 0 N–H and O–H groups in total. The molecule has 0 saturated carbocycles. The normalized spacial score (nSPS) is 24.0. The molecule has 1 aromatic rings. The van der Waals surface area contributed by atoms with Gasteiger partial charge in [0.05, 0.1) is 22.9 Å². The monoisotopic (exact) mass is 296 g/mol. The lowest BCUT2D eigenvalue weighted by molar-refractivity contribution is -0.0599. The number of hydrogen-bond donors (Lipinski definition) is 0. The number of rotatable bonds is 4. The van der Waals surface area contributed by atoms with E-state index in [1.807, 2.05) is 19.1 Å². The first-order valence-corrected chi connectivity index (χ1v) is 8.98. The Bertz CT molecular complexity index is 531. The fraction of sp³-hybridized carbons (Fsp3) is 0.625. The first-order valence-electron chi connectivity index (χ1n) is 7.33. The lowest BCUT2D eigenvalue weighted by Gasteiger charge is -2.32. The quantitative estimate of drug-likeness (QED) is 0.855. The minimum absolute atomic E-state index is 0.0965. The Morgan fingerprint density at radius 3 is 2.45 bits per heavy atom. The van der Waals surface area contributed by atoms with Crippen molar-refractivity contribution in [1.29, 1.82) is 0 Å². The highest BCUT2D eigenvalue weighted by Crippen LogP contribution is 2.26. The summed E-state index contributed by atoms with van der Waals surface area (Å²) in [7, 11) is -3.25. The maximum absolute atomic E-state index is 12.4. The van der Waals surface area contributed by atoms with E-state index in [1.54, 1.807) is 12.1 Å².